The first-order valence-electron chi connectivity index (χ1n) is 5.86. The molecule has 0 radical (unpaired) electrons. The van der Waals surface area contributed by atoms with Gasteiger partial charge in [-0.2, -0.15) is 11.3 Å². The van der Waals surface area contributed by atoms with Crippen LogP contribution in [0, 0.1) is 0 Å². The van der Waals surface area contributed by atoms with Gasteiger partial charge in [0.1, 0.15) is 0 Å². The zero-order valence-electron chi connectivity index (χ0n) is 9.37. The maximum absolute atomic E-state index is 11.6. The van der Waals surface area contributed by atoms with Crippen LogP contribution in [0.3, 0.4) is 0 Å². The van der Waals surface area contributed by atoms with E-state index in [9.17, 15) is 4.79 Å². The van der Waals surface area contributed by atoms with E-state index in [-0.39, 0.29) is 5.91 Å². The van der Waals surface area contributed by atoms with Gasteiger partial charge in [0.25, 0.3) is 0 Å². The Morgan fingerprint density at radius 1 is 1.62 bits per heavy atom. The van der Waals surface area contributed by atoms with Gasteiger partial charge in [-0.05, 0) is 48.2 Å². The smallest absolute Gasteiger partial charge is 0.224 e. The number of carbonyl (C=O) groups is 1. The van der Waals surface area contributed by atoms with Gasteiger partial charge in [0, 0.05) is 12.6 Å². The molecule has 0 saturated carbocycles. The lowest BCUT2D eigenvalue weighted by Gasteiger charge is -2.10. The van der Waals surface area contributed by atoms with Crippen molar-refractivity contribution < 1.29 is 4.79 Å². The minimum atomic E-state index is 0.136. The fraction of sp³-hybridized carbons (Fsp3) is 0.583. The van der Waals surface area contributed by atoms with Crippen LogP contribution in [-0.4, -0.2) is 25.0 Å². The van der Waals surface area contributed by atoms with E-state index in [0.29, 0.717) is 12.5 Å². The van der Waals surface area contributed by atoms with Crippen LogP contribution in [0.5, 0.6) is 0 Å². The summed E-state index contributed by atoms with van der Waals surface area (Å²) in [6.45, 7) is 1.92. The van der Waals surface area contributed by atoms with Crippen LogP contribution in [0.1, 0.15) is 24.8 Å². The molecular formula is C12H18N2OS. The summed E-state index contributed by atoms with van der Waals surface area (Å²) in [7, 11) is 0. The molecule has 0 aliphatic carbocycles. The maximum Gasteiger partial charge on any atom is 0.224 e. The highest BCUT2D eigenvalue weighted by molar-refractivity contribution is 7.07. The van der Waals surface area contributed by atoms with E-state index in [4.69, 9.17) is 0 Å². The van der Waals surface area contributed by atoms with E-state index in [0.717, 1.165) is 25.1 Å². The number of nitrogens with one attached hydrogen (secondary N) is 2. The second-order valence-electron chi connectivity index (χ2n) is 4.24. The number of rotatable bonds is 5. The summed E-state index contributed by atoms with van der Waals surface area (Å²) in [5.74, 6) is 0.136. The molecule has 1 aromatic heterocycles. The summed E-state index contributed by atoms with van der Waals surface area (Å²) >= 11 is 1.64. The van der Waals surface area contributed by atoms with E-state index in [1.54, 1.807) is 11.3 Å². The van der Waals surface area contributed by atoms with Crippen molar-refractivity contribution in [3.05, 3.63) is 22.4 Å². The second kappa shape index (κ2) is 6.01. The molecule has 4 heteroatoms. The van der Waals surface area contributed by atoms with E-state index in [1.807, 2.05) is 16.8 Å². The van der Waals surface area contributed by atoms with Crippen molar-refractivity contribution in [3.63, 3.8) is 0 Å². The van der Waals surface area contributed by atoms with Crippen LogP contribution in [0.2, 0.25) is 0 Å². The minimum absolute atomic E-state index is 0.136. The molecule has 1 fully saturated rings. The van der Waals surface area contributed by atoms with Crippen molar-refractivity contribution in [1.29, 1.82) is 0 Å². The minimum Gasteiger partial charge on any atom is -0.356 e. The van der Waals surface area contributed by atoms with Crippen LogP contribution < -0.4 is 10.6 Å². The SMILES string of the molecule is O=C(Cc1ccsc1)NCC[C@@H]1CCCN1. The summed E-state index contributed by atoms with van der Waals surface area (Å²) in [5, 5.41) is 10.4. The van der Waals surface area contributed by atoms with Crippen LogP contribution in [-0.2, 0) is 11.2 Å². The number of hydrogen-bond acceptors (Lipinski definition) is 3. The van der Waals surface area contributed by atoms with Gasteiger partial charge < -0.3 is 10.6 Å². The van der Waals surface area contributed by atoms with Gasteiger partial charge in [0.15, 0.2) is 0 Å². The fourth-order valence-electron chi connectivity index (χ4n) is 2.03. The molecule has 1 aromatic rings. The topological polar surface area (TPSA) is 41.1 Å². The average molecular weight is 238 g/mol. The molecule has 88 valence electrons. The standard InChI is InChI=1S/C12H18N2OS/c15-12(8-10-4-7-16-9-10)14-6-3-11-2-1-5-13-11/h4,7,9,11,13H,1-3,5-6,8H2,(H,14,15)/t11-/m0/s1. The third-order valence-electron chi connectivity index (χ3n) is 2.92. The van der Waals surface area contributed by atoms with Crippen LogP contribution >= 0.6 is 11.3 Å². The average Bonchev–Trinajstić information content (AvgIpc) is 2.90. The summed E-state index contributed by atoms with van der Waals surface area (Å²) < 4.78 is 0. The zero-order chi connectivity index (χ0) is 11.2. The first-order chi connectivity index (χ1) is 7.84. The molecule has 1 aliphatic heterocycles. The van der Waals surface area contributed by atoms with Crippen molar-refractivity contribution in [2.24, 2.45) is 0 Å². The number of thiophene rings is 1. The van der Waals surface area contributed by atoms with Crippen LogP contribution in [0.15, 0.2) is 16.8 Å². The van der Waals surface area contributed by atoms with Gasteiger partial charge >= 0.3 is 0 Å². The number of hydrogen-bond donors (Lipinski definition) is 2. The van der Waals surface area contributed by atoms with Gasteiger partial charge in [-0.25, -0.2) is 0 Å². The molecule has 2 rings (SSSR count). The number of carbonyl (C=O) groups excluding carboxylic acids is 1. The maximum atomic E-state index is 11.6. The zero-order valence-corrected chi connectivity index (χ0v) is 10.2. The Morgan fingerprint density at radius 3 is 3.25 bits per heavy atom. The molecule has 2 heterocycles. The summed E-state index contributed by atoms with van der Waals surface area (Å²) in [5.41, 5.74) is 1.11. The Bertz CT molecular complexity index is 318. The molecule has 1 saturated heterocycles. The highest BCUT2D eigenvalue weighted by Gasteiger charge is 2.13. The highest BCUT2D eigenvalue weighted by Crippen LogP contribution is 2.08. The van der Waals surface area contributed by atoms with Gasteiger partial charge in [0.2, 0.25) is 5.91 Å². The van der Waals surface area contributed by atoms with Gasteiger partial charge in [-0.1, -0.05) is 0 Å². The van der Waals surface area contributed by atoms with Crippen LogP contribution in [0.25, 0.3) is 0 Å². The molecule has 16 heavy (non-hydrogen) atoms. The molecular weight excluding hydrogens is 220 g/mol. The molecule has 1 amide bonds. The molecule has 0 unspecified atom stereocenters. The molecule has 0 bridgehead atoms. The molecule has 0 spiro atoms. The highest BCUT2D eigenvalue weighted by atomic mass is 32.1. The van der Waals surface area contributed by atoms with E-state index < -0.39 is 0 Å². The first-order valence-corrected chi connectivity index (χ1v) is 6.80. The predicted octanol–water partition coefficient (Wildman–Crippen LogP) is 1.55. The molecule has 3 nitrogen and oxygen atoms in total. The molecule has 2 N–H and O–H groups in total. The van der Waals surface area contributed by atoms with Gasteiger partial charge in [-0.15, -0.1) is 0 Å². The lowest BCUT2D eigenvalue weighted by atomic mass is 10.1. The molecule has 1 aliphatic rings. The lowest BCUT2D eigenvalue weighted by molar-refractivity contribution is -0.120. The summed E-state index contributed by atoms with van der Waals surface area (Å²) in [4.78, 5) is 11.6. The van der Waals surface area contributed by atoms with Crippen molar-refractivity contribution in [3.8, 4) is 0 Å². The Balaban J connectivity index is 1.60. The van der Waals surface area contributed by atoms with Crippen LogP contribution in [0.4, 0.5) is 0 Å². The number of amides is 1. The van der Waals surface area contributed by atoms with Gasteiger partial charge in [-0.3, -0.25) is 4.79 Å². The summed E-state index contributed by atoms with van der Waals surface area (Å²) in [6.07, 6.45) is 4.09. The normalized spacial score (nSPS) is 19.9. The quantitative estimate of drug-likeness (QED) is 0.817. The monoisotopic (exact) mass is 238 g/mol. The molecule has 1 atom stereocenters. The van der Waals surface area contributed by atoms with Crippen molar-refractivity contribution in [2.45, 2.75) is 31.7 Å². The summed E-state index contributed by atoms with van der Waals surface area (Å²) in [6, 6.07) is 2.62. The Labute approximate surface area is 100 Å². The van der Waals surface area contributed by atoms with E-state index in [2.05, 4.69) is 10.6 Å². The first kappa shape index (κ1) is 11.6. The van der Waals surface area contributed by atoms with Crippen molar-refractivity contribution in [2.75, 3.05) is 13.1 Å². The largest absolute Gasteiger partial charge is 0.356 e. The Hall–Kier alpha value is -0.870. The van der Waals surface area contributed by atoms with Crippen molar-refractivity contribution in [1.82, 2.24) is 10.6 Å². The third kappa shape index (κ3) is 3.61. The Morgan fingerprint density at radius 2 is 2.56 bits per heavy atom. The fourth-order valence-corrected chi connectivity index (χ4v) is 2.70. The molecule has 0 aromatic carbocycles. The Kier molecular flexibility index (Phi) is 4.36. The predicted molar refractivity (Wildman–Crippen MR) is 66.7 cm³/mol. The van der Waals surface area contributed by atoms with E-state index in [1.165, 1.54) is 12.8 Å². The lowest BCUT2D eigenvalue weighted by Crippen LogP contribution is -2.31. The van der Waals surface area contributed by atoms with Gasteiger partial charge in [0.05, 0.1) is 6.42 Å². The second-order valence-corrected chi connectivity index (χ2v) is 5.02. The van der Waals surface area contributed by atoms with Crippen molar-refractivity contribution >= 4 is 17.2 Å². The van der Waals surface area contributed by atoms with E-state index >= 15 is 0 Å². The third-order valence-corrected chi connectivity index (χ3v) is 3.65.